The van der Waals surface area contributed by atoms with Crippen LogP contribution < -0.4 is 0 Å². The van der Waals surface area contributed by atoms with Gasteiger partial charge >= 0.3 is 0 Å². The lowest BCUT2D eigenvalue weighted by Crippen LogP contribution is -2.09. The van der Waals surface area contributed by atoms with Crippen LogP contribution in [0.3, 0.4) is 0 Å². The summed E-state index contributed by atoms with van der Waals surface area (Å²) in [6, 6.07) is 8.06. The number of aryl methyl sites for hydroxylation is 1. The van der Waals surface area contributed by atoms with Crippen molar-refractivity contribution < 1.29 is 4.79 Å². The maximum absolute atomic E-state index is 11.7. The molecule has 0 aliphatic carbocycles. The quantitative estimate of drug-likeness (QED) is 0.844. The van der Waals surface area contributed by atoms with Gasteiger partial charge in [-0.3, -0.25) is 4.79 Å². The number of imidazole rings is 1. The topological polar surface area (TPSA) is 34.9 Å². The molecular formula is C13H14BrClN2O. The van der Waals surface area contributed by atoms with Gasteiger partial charge in [0.15, 0.2) is 5.78 Å². The summed E-state index contributed by atoms with van der Waals surface area (Å²) < 4.78 is 2.86. The Hall–Kier alpha value is -1.13. The van der Waals surface area contributed by atoms with Gasteiger partial charge in [0.05, 0.1) is 12.9 Å². The normalized spacial score (nSPS) is 9.83. The number of nitrogens with zero attached hydrogens (tertiary/aromatic N) is 2. The molecule has 18 heavy (non-hydrogen) atoms. The van der Waals surface area contributed by atoms with Crippen LogP contribution in [0, 0.1) is 0 Å². The molecule has 2 aromatic rings. The molecule has 0 unspecified atom stereocenters. The first-order valence-electron chi connectivity index (χ1n) is 5.46. The first kappa shape index (κ1) is 14.9. The number of hydrogen-bond donors (Lipinski definition) is 0. The highest BCUT2D eigenvalue weighted by Gasteiger charge is 2.03. The third-order valence-corrected chi connectivity index (χ3v) is 3.05. The van der Waals surface area contributed by atoms with Crippen molar-refractivity contribution in [2.75, 3.05) is 0 Å². The molecule has 2 rings (SSSR count). The van der Waals surface area contributed by atoms with E-state index in [0.717, 1.165) is 10.9 Å². The van der Waals surface area contributed by atoms with Gasteiger partial charge in [-0.2, -0.15) is 0 Å². The van der Waals surface area contributed by atoms with E-state index in [-0.39, 0.29) is 18.2 Å². The number of hydrogen-bond acceptors (Lipinski definition) is 2. The van der Waals surface area contributed by atoms with Crippen molar-refractivity contribution in [3.05, 3.63) is 53.0 Å². The lowest BCUT2D eigenvalue weighted by molar-refractivity contribution is -0.119. The van der Waals surface area contributed by atoms with Gasteiger partial charge in [-0.25, -0.2) is 4.98 Å². The molecule has 0 saturated carbocycles. The Morgan fingerprint density at radius 2 is 2.00 bits per heavy atom. The van der Waals surface area contributed by atoms with E-state index >= 15 is 0 Å². The van der Waals surface area contributed by atoms with Gasteiger partial charge in [-0.05, 0) is 24.1 Å². The Morgan fingerprint density at radius 1 is 1.28 bits per heavy atom. The van der Waals surface area contributed by atoms with Crippen LogP contribution in [0.25, 0.3) is 0 Å². The van der Waals surface area contributed by atoms with Gasteiger partial charge in [0.1, 0.15) is 0 Å². The summed E-state index contributed by atoms with van der Waals surface area (Å²) in [5, 5.41) is 0. The fourth-order valence-corrected chi connectivity index (χ4v) is 1.86. The SMILES string of the molecule is Cl.O=C(CCc1ccc(Br)cc1)Cn1ccnc1. The predicted molar refractivity (Wildman–Crippen MR) is 76.9 cm³/mol. The Bertz CT molecular complexity index is 482. The average Bonchev–Trinajstić information content (AvgIpc) is 2.81. The van der Waals surface area contributed by atoms with Crippen LogP contribution in [0.15, 0.2) is 47.5 Å². The second-order valence-electron chi connectivity index (χ2n) is 3.90. The van der Waals surface area contributed by atoms with Crippen LogP contribution in [0.1, 0.15) is 12.0 Å². The number of ketones is 1. The van der Waals surface area contributed by atoms with Crippen LogP contribution in [0.4, 0.5) is 0 Å². The third kappa shape index (κ3) is 4.63. The molecule has 96 valence electrons. The smallest absolute Gasteiger partial charge is 0.152 e. The molecule has 5 heteroatoms. The first-order valence-corrected chi connectivity index (χ1v) is 6.25. The van der Waals surface area contributed by atoms with Gasteiger partial charge in [0.2, 0.25) is 0 Å². The molecule has 1 aromatic heterocycles. The highest BCUT2D eigenvalue weighted by Crippen LogP contribution is 2.12. The average molecular weight is 330 g/mol. The molecule has 0 N–H and O–H groups in total. The minimum atomic E-state index is 0. The summed E-state index contributed by atoms with van der Waals surface area (Å²) >= 11 is 3.39. The van der Waals surface area contributed by atoms with E-state index in [0.29, 0.717) is 13.0 Å². The maximum Gasteiger partial charge on any atom is 0.152 e. The largest absolute Gasteiger partial charge is 0.330 e. The Kier molecular flexibility index (Phi) is 6.09. The van der Waals surface area contributed by atoms with Crippen molar-refractivity contribution in [3.8, 4) is 0 Å². The van der Waals surface area contributed by atoms with Crippen LogP contribution in [-0.2, 0) is 17.8 Å². The van der Waals surface area contributed by atoms with E-state index in [1.807, 2.05) is 24.3 Å². The minimum Gasteiger partial charge on any atom is -0.330 e. The molecule has 0 amide bonds. The zero-order valence-electron chi connectivity index (χ0n) is 9.75. The molecule has 0 aliphatic heterocycles. The van der Waals surface area contributed by atoms with E-state index in [2.05, 4.69) is 20.9 Å². The molecule has 0 radical (unpaired) electrons. The van der Waals surface area contributed by atoms with Gasteiger partial charge in [0, 0.05) is 23.3 Å². The molecular weight excluding hydrogens is 316 g/mol. The molecule has 1 aromatic carbocycles. The van der Waals surface area contributed by atoms with E-state index in [1.165, 1.54) is 5.56 Å². The van der Waals surface area contributed by atoms with Gasteiger partial charge in [-0.15, -0.1) is 12.4 Å². The Morgan fingerprint density at radius 3 is 2.61 bits per heavy atom. The van der Waals surface area contributed by atoms with E-state index < -0.39 is 0 Å². The van der Waals surface area contributed by atoms with Crippen LogP contribution >= 0.6 is 28.3 Å². The van der Waals surface area contributed by atoms with Crippen molar-refractivity contribution in [1.29, 1.82) is 0 Å². The number of carbonyl (C=O) groups excluding carboxylic acids is 1. The van der Waals surface area contributed by atoms with Gasteiger partial charge in [-0.1, -0.05) is 28.1 Å². The lowest BCUT2D eigenvalue weighted by Gasteiger charge is -2.02. The summed E-state index contributed by atoms with van der Waals surface area (Å²) in [4.78, 5) is 15.6. The molecule has 0 bridgehead atoms. The van der Waals surface area contributed by atoms with Crippen LogP contribution in [-0.4, -0.2) is 15.3 Å². The van der Waals surface area contributed by atoms with E-state index in [1.54, 1.807) is 23.3 Å². The van der Waals surface area contributed by atoms with Crippen molar-refractivity contribution in [2.45, 2.75) is 19.4 Å². The van der Waals surface area contributed by atoms with E-state index in [4.69, 9.17) is 0 Å². The summed E-state index contributed by atoms with van der Waals surface area (Å²) in [5.74, 6) is 0.228. The number of carbonyl (C=O) groups is 1. The molecule has 0 atom stereocenters. The summed E-state index contributed by atoms with van der Waals surface area (Å²) in [6.07, 6.45) is 6.51. The zero-order valence-corrected chi connectivity index (χ0v) is 12.2. The highest BCUT2D eigenvalue weighted by molar-refractivity contribution is 9.10. The molecule has 1 heterocycles. The first-order chi connectivity index (χ1) is 8.24. The monoisotopic (exact) mass is 328 g/mol. The minimum absolute atomic E-state index is 0. The molecule has 0 spiro atoms. The van der Waals surface area contributed by atoms with Crippen molar-refractivity contribution in [2.24, 2.45) is 0 Å². The molecule has 0 fully saturated rings. The standard InChI is InChI=1S/C13H13BrN2O.ClH/c14-12-4-1-11(2-5-12)3-6-13(17)9-16-8-7-15-10-16;/h1-2,4-5,7-8,10H,3,6,9H2;1H. The van der Waals surface area contributed by atoms with Crippen LogP contribution in [0.2, 0.25) is 0 Å². The summed E-state index contributed by atoms with van der Waals surface area (Å²) in [6.45, 7) is 0.413. The van der Waals surface area contributed by atoms with Crippen molar-refractivity contribution in [3.63, 3.8) is 0 Å². The number of halogens is 2. The molecule has 0 saturated heterocycles. The zero-order chi connectivity index (χ0) is 12.1. The number of Topliss-reactive ketones (excluding diaryl/α,β-unsaturated/α-hetero) is 1. The van der Waals surface area contributed by atoms with Crippen LogP contribution in [0.5, 0.6) is 0 Å². The summed E-state index contributed by atoms with van der Waals surface area (Å²) in [5.41, 5.74) is 1.19. The number of rotatable bonds is 5. The number of aromatic nitrogens is 2. The second kappa shape index (κ2) is 7.34. The molecule has 0 aliphatic rings. The second-order valence-corrected chi connectivity index (χ2v) is 4.82. The maximum atomic E-state index is 11.7. The van der Waals surface area contributed by atoms with Crippen molar-refractivity contribution >= 4 is 34.1 Å². The fraction of sp³-hybridized carbons (Fsp3) is 0.231. The number of benzene rings is 1. The summed E-state index contributed by atoms with van der Waals surface area (Å²) in [7, 11) is 0. The molecule has 3 nitrogen and oxygen atoms in total. The fourth-order valence-electron chi connectivity index (χ4n) is 1.60. The van der Waals surface area contributed by atoms with Gasteiger partial charge in [0.25, 0.3) is 0 Å². The Balaban J connectivity index is 0.00000162. The predicted octanol–water partition coefficient (Wildman–Crippen LogP) is 3.27. The van der Waals surface area contributed by atoms with Crippen molar-refractivity contribution in [1.82, 2.24) is 9.55 Å². The lowest BCUT2D eigenvalue weighted by atomic mass is 10.1. The van der Waals surface area contributed by atoms with Gasteiger partial charge < -0.3 is 4.57 Å². The van der Waals surface area contributed by atoms with E-state index in [9.17, 15) is 4.79 Å². The Labute approximate surface area is 121 Å². The third-order valence-electron chi connectivity index (χ3n) is 2.52. The highest BCUT2D eigenvalue weighted by atomic mass is 79.9.